The Bertz CT molecular complexity index is 727. The topological polar surface area (TPSA) is 55.8 Å². The van der Waals surface area contributed by atoms with Crippen LogP contribution in [0.25, 0.3) is 0 Å². The number of benzene rings is 2. The average molecular weight is 336 g/mol. The SMILES string of the molecule is CCCc1cc(C(=O)O)c(F)c(F)c1OCc1ccc(OC)cc1. The molecule has 1 N–H and O–H groups in total. The molecule has 0 radical (unpaired) electrons. The third-order valence-electron chi connectivity index (χ3n) is 3.53. The maximum absolute atomic E-state index is 14.2. The standard InChI is InChI=1S/C18H18F2O4/c1-3-4-12-9-14(18(21)22)15(19)16(20)17(12)24-10-11-5-7-13(23-2)8-6-11/h5-9H,3-4,10H2,1-2H3,(H,21,22). The number of methoxy groups -OCH3 is 1. The smallest absolute Gasteiger partial charge is 0.338 e. The van der Waals surface area contributed by atoms with Gasteiger partial charge >= 0.3 is 5.97 Å². The van der Waals surface area contributed by atoms with E-state index in [1.165, 1.54) is 0 Å². The fraction of sp³-hybridized carbons (Fsp3) is 0.278. The monoisotopic (exact) mass is 336 g/mol. The molecule has 6 heteroatoms. The fourth-order valence-electron chi connectivity index (χ4n) is 2.31. The maximum Gasteiger partial charge on any atom is 0.338 e. The summed E-state index contributed by atoms with van der Waals surface area (Å²) in [6.45, 7) is 1.89. The van der Waals surface area contributed by atoms with Gasteiger partial charge in [0.05, 0.1) is 12.7 Å². The Morgan fingerprint density at radius 1 is 1.17 bits per heavy atom. The molecule has 4 nitrogen and oxygen atoms in total. The Balaban J connectivity index is 2.30. The second-order valence-corrected chi connectivity index (χ2v) is 5.23. The molecule has 0 aliphatic rings. The zero-order valence-electron chi connectivity index (χ0n) is 13.4. The van der Waals surface area contributed by atoms with Crippen molar-refractivity contribution in [3.05, 3.63) is 58.7 Å². The minimum atomic E-state index is -1.51. The Morgan fingerprint density at radius 3 is 2.38 bits per heavy atom. The molecule has 2 aromatic carbocycles. The van der Waals surface area contributed by atoms with Gasteiger partial charge in [0.25, 0.3) is 0 Å². The number of aryl methyl sites for hydroxylation is 1. The van der Waals surface area contributed by atoms with Gasteiger partial charge in [0.15, 0.2) is 11.6 Å². The molecule has 0 aliphatic carbocycles. The highest BCUT2D eigenvalue weighted by molar-refractivity contribution is 5.88. The first kappa shape index (κ1) is 17.7. The van der Waals surface area contributed by atoms with Crippen molar-refractivity contribution < 1.29 is 28.2 Å². The van der Waals surface area contributed by atoms with E-state index in [0.717, 1.165) is 11.6 Å². The summed E-state index contributed by atoms with van der Waals surface area (Å²) in [5.41, 5.74) is 0.399. The van der Waals surface area contributed by atoms with Crippen LogP contribution < -0.4 is 9.47 Å². The number of hydrogen-bond acceptors (Lipinski definition) is 3. The lowest BCUT2D eigenvalue weighted by Crippen LogP contribution is -2.09. The summed E-state index contributed by atoms with van der Waals surface area (Å²) in [4.78, 5) is 11.0. The molecule has 2 rings (SSSR count). The number of aromatic carboxylic acids is 1. The normalized spacial score (nSPS) is 10.5. The van der Waals surface area contributed by atoms with Crippen LogP contribution in [0.4, 0.5) is 8.78 Å². The number of hydrogen-bond donors (Lipinski definition) is 1. The first-order valence-corrected chi connectivity index (χ1v) is 7.47. The summed E-state index contributed by atoms with van der Waals surface area (Å²) in [5.74, 6) is -3.76. The summed E-state index contributed by atoms with van der Waals surface area (Å²) in [6.07, 6.45) is 1.03. The van der Waals surface area contributed by atoms with Crippen LogP contribution in [0.15, 0.2) is 30.3 Å². The molecule has 2 aromatic rings. The van der Waals surface area contributed by atoms with Crippen LogP contribution in [-0.2, 0) is 13.0 Å². The predicted octanol–water partition coefficient (Wildman–Crippen LogP) is 4.20. The number of carboxylic acids is 1. The zero-order valence-corrected chi connectivity index (χ0v) is 13.4. The van der Waals surface area contributed by atoms with Gasteiger partial charge in [-0.2, -0.15) is 4.39 Å². The fourth-order valence-corrected chi connectivity index (χ4v) is 2.31. The van der Waals surface area contributed by atoms with Gasteiger partial charge in [0.2, 0.25) is 5.82 Å². The van der Waals surface area contributed by atoms with Gasteiger partial charge in [0.1, 0.15) is 12.4 Å². The minimum Gasteiger partial charge on any atom is -0.497 e. The quantitative estimate of drug-likeness (QED) is 0.823. The van der Waals surface area contributed by atoms with Crippen LogP contribution >= 0.6 is 0 Å². The second-order valence-electron chi connectivity index (χ2n) is 5.23. The van der Waals surface area contributed by atoms with Crippen LogP contribution in [0.2, 0.25) is 0 Å². The van der Waals surface area contributed by atoms with Crippen LogP contribution in [0.3, 0.4) is 0 Å². The van der Waals surface area contributed by atoms with Crippen molar-refractivity contribution in [2.24, 2.45) is 0 Å². The summed E-state index contributed by atoms with van der Waals surface area (Å²) < 4.78 is 38.6. The van der Waals surface area contributed by atoms with E-state index in [1.807, 2.05) is 6.92 Å². The molecular weight excluding hydrogens is 318 g/mol. The number of halogens is 2. The number of rotatable bonds is 7. The molecule has 0 saturated carbocycles. The molecule has 0 saturated heterocycles. The highest BCUT2D eigenvalue weighted by Gasteiger charge is 2.23. The Hall–Kier alpha value is -2.63. The largest absolute Gasteiger partial charge is 0.497 e. The van der Waals surface area contributed by atoms with Crippen LogP contribution in [0.5, 0.6) is 11.5 Å². The average Bonchev–Trinajstić information content (AvgIpc) is 2.58. The molecule has 0 bridgehead atoms. The van der Waals surface area contributed by atoms with E-state index < -0.39 is 23.2 Å². The van der Waals surface area contributed by atoms with Gasteiger partial charge < -0.3 is 14.6 Å². The Labute approximate surface area is 138 Å². The van der Waals surface area contributed by atoms with Gasteiger partial charge in [0, 0.05) is 0 Å². The number of ether oxygens (including phenoxy) is 2. The molecule has 0 fully saturated rings. The van der Waals surface area contributed by atoms with E-state index >= 15 is 0 Å². The van der Waals surface area contributed by atoms with E-state index in [4.69, 9.17) is 14.6 Å². The van der Waals surface area contributed by atoms with Crippen molar-refractivity contribution in [2.45, 2.75) is 26.4 Å². The molecule has 24 heavy (non-hydrogen) atoms. The Kier molecular flexibility index (Phi) is 5.73. The lowest BCUT2D eigenvalue weighted by molar-refractivity contribution is 0.0690. The highest BCUT2D eigenvalue weighted by Crippen LogP contribution is 2.30. The van der Waals surface area contributed by atoms with Crippen LogP contribution in [-0.4, -0.2) is 18.2 Å². The maximum atomic E-state index is 14.2. The molecule has 128 valence electrons. The number of carbonyl (C=O) groups is 1. The van der Waals surface area contributed by atoms with Gasteiger partial charge in [-0.05, 0) is 35.7 Å². The molecule has 0 aromatic heterocycles. The zero-order chi connectivity index (χ0) is 17.7. The molecule has 0 heterocycles. The summed E-state index contributed by atoms with van der Waals surface area (Å²) >= 11 is 0. The van der Waals surface area contributed by atoms with Crippen molar-refractivity contribution in [2.75, 3.05) is 7.11 Å². The lowest BCUT2D eigenvalue weighted by atomic mass is 10.0. The Morgan fingerprint density at radius 2 is 1.83 bits per heavy atom. The molecule has 0 unspecified atom stereocenters. The van der Waals surface area contributed by atoms with E-state index in [1.54, 1.807) is 31.4 Å². The molecular formula is C18H18F2O4. The molecule has 0 spiro atoms. The van der Waals surface area contributed by atoms with E-state index in [0.29, 0.717) is 24.2 Å². The first-order chi connectivity index (χ1) is 11.5. The van der Waals surface area contributed by atoms with Gasteiger partial charge in [-0.1, -0.05) is 25.5 Å². The van der Waals surface area contributed by atoms with Gasteiger partial charge in [-0.3, -0.25) is 0 Å². The van der Waals surface area contributed by atoms with Crippen LogP contribution in [0, 0.1) is 11.6 Å². The van der Waals surface area contributed by atoms with Gasteiger partial charge in [-0.25, -0.2) is 9.18 Å². The minimum absolute atomic E-state index is 0.0312. The van der Waals surface area contributed by atoms with Crippen molar-refractivity contribution in [3.8, 4) is 11.5 Å². The lowest BCUT2D eigenvalue weighted by Gasteiger charge is -2.14. The van der Waals surface area contributed by atoms with Crippen LogP contribution in [0.1, 0.15) is 34.8 Å². The first-order valence-electron chi connectivity index (χ1n) is 7.47. The molecule has 0 amide bonds. The summed E-state index contributed by atoms with van der Waals surface area (Å²) in [7, 11) is 1.55. The third kappa shape index (κ3) is 3.82. The van der Waals surface area contributed by atoms with E-state index in [2.05, 4.69) is 0 Å². The predicted molar refractivity (Wildman–Crippen MR) is 84.6 cm³/mol. The summed E-state index contributed by atoms with van der Waals surface area (Å²) in [6, 6.07) is 8.09. The molecule has 0 atom stereocenters. The van der Waals surface area contributed by atoms with Crippen molar-refractivity contribution in [1.29, 1.82) is 0 Å². The molecule has 0 aliphatic heterocycles. The van der Waals surface area contributed by atoms with Gasteiger partial charge in [-0.15, -0.1) is 0 Å². The van der Waals surface area contributed by atoms with Crippen molar-refractivity contribution in [3.63, 3.8) is 0 Å². The second kappa shape index (κ2) is 7.77. The third-order valence-corrected chi connectivity index (χ3v) is 3.53. The van der Waals surface area contributed by atoms with E-state index in [9.17, 15) is 13.6 Å². The van der Waals surface area contributed by atoms with E-state index in [-0.39, 0.29) is 12.4 Å². The van der Waals surface area contributed by atoms with Crippen molar-refractivity contribution in [1.82, 2.24) is 0 Å². The summed E-state index contributed by atoms with van der Waals surface area (Å²) in [5, 5.41) is 8.97. The van der Waals surface area contributed by atoms with Crippen molar-refractivity contribution >= 4 is 5.97 Å². The number of carboxylic acid groups (broad SMARTS) is 1. The highest BCUT2D eigenvalue weighted by atomic mass is 19.2.